The second-order valence-electron chi connectivity index (χ2n) is 8.18. The standard InChI is InChI=1S/C23H31N5O5/c1-14(2)33-23(31)19(9-7-17(29)13-26-24)27-22(30)21(32-5)10-15-12-25-20-11-16(28(3)4)6-8-18(15)20/h6,8,11-14,19,21,24-25H,7,9-10H2,1-5H3/p+1/t19-,21-/m0/s1. The van der Waals surface area contributed by atoms with E-state index in [4.69, 9.17) is 15.0 Å². The zero-order chi connectivity index (χ0) is 24.5. The molecule has 10 heteroatoms. The molecule has 0 saturated heterocycles. The van der Waals surface area contributed by atoms with Crippen molar-refractivity contribution in [2.45, 2.75) is 51.4 Å². The average molecular weight is 459 g/mol. The lowest BCUT2D eigenvalue weighted by Crippen LogP contribution is -2.48. The first-order valence-electron chi connectivity index (χ1n) is 10.7. The fourth-order valence-electron chi connectivity index (χ4n) is 3.36. The quantitative estimate of drug-likeness (QED) is 0.192. The second kappa shape index (κ2) is 11.9. The molecule has 0 fully saturated rings. The minimum absolute atomic E-state index is 0.0268. The number of nitrogens with one attached hydrogen (secondary N) is 3. The van der Waals surface area contributed by atoms with Crippen molar-refractivity contribution < 1.29 is 28.6 Å². The third kappa shape index (κ3) is 7.27. The lowest BCUT2D eigenvalue weighted by atomic mass is 10.0. The van der Waals surface area contributed by atoms with E-state index in [2.05, 4.69) is 15.1 Å². The maximum atomic E-state index is 12.9. The smallest absolute Gasteiger partial charge is 0.372 e. The normalized spacial score (nSPS) is 12.7. The summed E-state index contributed by atoms with van der Waals surface area (Å²) in [4.78, 5) is 45.3. The summed E-state index contributed by atoms with van der Waals surface area (Å²) in [7, 11) is 5.35. The molecule has 3 N–H and O–H groups in total. The molecule has 178 valence electrons. The maximum absolute atomic E-state index is 12.9. The molecule has 0 unspecified atom stereocenters. The van der Waals surface area contributed by atoms with E-state index in [-0.39, 0.29) is 18.9 Å². The molecule has 1 aromatic heterocycles. The zero-order valence-corrected chi connectivity index (χ0v) is 19.7. The highest BCUT2D eigenvalue weighted by atomic mass is 16.5. The summed E-state index contributed by atoms with van der Waals surface area (Å²) in [5, 5.41) is 3.63. The summed E-state index contributed by atoms with van der Waals surface area (Å²) in [5.41, 5.74) is 9.64. The number of carbonyl (C=O) groups is 3. The van der Waals surface area contributed by atoms with Crippen LogP contribution in [0, 0.1) is 5.53 Å². The molecule has 0 aliphatic rings. The molecule has 0 saturated carbocycles. The molecule has 0 bridgehead atoms. The van der Waals surface area contributed by atoms with E-state index >= 15 is 0 Å². The minimum atomic E-state index is -1.02. The fraction of sp³-hybridized carbons (Fsp3) is 0.478. The molecule has 2 atom stereocenters. The van der Waals surface area contributed by atoms with Gasteiger partial charge in [0.05, 0.1) is 16.4 Å². The molecule has 0 spiro atoms. The van der Waals surface area contributed by atoms with E-state index in [1.807, 2.05) is 43.4 Å². The van der Waals surface area contributed by atoms with E-state index in [9.17, 15) is 14.4 Å². The maximum Gasteiger partial charge on any atom is 0.372 e. The Morgan fingerprint density at radius 1 is 1.27 bits per heavy atom. The number of hydrogen-bond donors (Lipinski definition) is 3. The van der Waals surface area contributed by atoms with Gasteiger partial charge < -0.3 is 24.7 Å². The third-order valence-corrected chi connectivity index (χ3v) is 5.09. The van der Waals surface area contributed by atoms with Crippen molar-refractivity contribution in [2.75, 3.05) is 26.1 Å². The summed E-state index contributed by atoms with van der Waals surface area (Å²) >= 11 is 0. The Kier molecular flexibility index (Phi) is 9.32. The summed E-state index contributed by atoms with van der Waals surface area (Å²) in [6, 6.07) is 4.99. The number of rotatable bonds is 12. The van der Waals surface area contributed by atoms with Gasteiger partial charge in [0.2, 0.25) is 11.7 Å². The van der Waals surface area contributed by atoms with Gasteiger partial charge >= 0.3 is 12.2 Å². The molecule has 1 heterocycles. The first-order chi connectivity index (χ1) is 15.7. The molecule has 0 aliphatic heterocycles. The van der Waals surface area contributed by atoms with Crippen molar-refractivity contribution in [1.82, 2.24) is 10.3 Å². The van der Waals surface area contributed by atoms with Crippen LogP contribution >= 0.6 is 0 Å². The zero-order valence-electron chi connectivity index (χ0n) is 19.7. The number of benzene rings is 1. The van der Waals surface area contributed by atoms with Crippen LogP contribution in [0.2, 0.25) is 0 Å². The van der Waals surface area contributed by atoms with Gasteiger partial charge in [-0.3, -0.25) is 9.59 Å². The number of esters is 1. The Morgan fingerprint density at radius 2 is 2.00 bits per heavy atom. The number of hydrogen-bond acceptors (Lipinski definition) is 7. The number of methoxy groups -OCH3 is 1. The highest BCUT2D eigenvalue weighted by Gasteiger charge is 2.28. The molecule has 1 amide bonds. The Morgan fingerprint density at radius 3 is 2.61 bits per heavy atom. The molecule has 1 aromatic carbocycles. The van der Waals surface area contributed by atoms with Crippen LogP contribution in [-0.4, -0.2) is 73.1 Å². The van der Waals surface area contributed by atoms with Gasteiger partial charge in [-0.25, -0.2) is 4.79 Å². The van der Waals surface area contributed by atoms with Gasteiger partial charge in [-0.15, -0.1) is 0 Å². The Labute approximate surface area is 192 Å². The number of aromatic amines is 1. The van der Waals surface area contributed by atoms with Gasteiger partial charge in [-0.2, -0.15) is 0 Å². The van der Waals surface area contributed by atoms with Crippen molar-refractivity contribution in [2.24, 2.45) is 0 Å². The van der Waals surface area contributed by atoms with Gasteiger partial charge in [-0.1, -0.05) is 6.07 Å². The molecule has 2 aromatic rings. The summed E-state index contributed by atoms with van der Waals surface area (Å²) in [6.45, 7) is 3.40. The number of ether oxygens (including phenoxy) is 2. The van der Waals surface area contributed by atoms with Crippen molar-refractivity contribution in [3.8, 4) is 0 Å². The van der Waals surface area contributed by atoms with Crippen molar-refractivity contribution in [3.63, 3.8) is 0 Å². The van der Waals surface area contributed by atoms with Crippen LogP contribution in [0.3, 0.4) is 0 Å². The van der Waals surface area contributed by atoms with E-state index in [0.29, 0.717) is 6.42 Å². The van der Waals surface area contributed by atoms with Crippen LogP contribution < -0.4 is 10.2 Å². The van der Waals surface area contributed by atoms with Crippen LogP contribution in [0.5, 0.6) is 0 Å². The van der Waals surface area contributed by atoms with Crippen LogP contribution in [-0.2, 0) is 30.3 Å². The number of fused-ring (bicyclic) bond motifs is 1. The topological polar surface area (TPSA) is 139 Å². The monoisotopic (exact) mass is 458 g/mol. The highest BCUT2D eigenvalue weighted by molar-refractivity contribution is 6.25. The number of ketones is 1. The van der Waals surface area contributed by atoms with E-state index in [0.717, 1.165) is 28.4 Å². The Balaban J connectivity index is 2.15. The van der Waals surface area contributed by atoms with Gasteiger partial charge in [0.1, 0.15) is 12.1 Å². The van der Waals surface area contributed by atoms with E-state index < -0.39 is 29.8 Å². The van der Waals surface area contributed by atoms with Crippen molar-refractivity contribution in [3.05, 3.63) is 30.0 Å². The van der Waals surface area contributed by atoms with Crippen LogP contribution in [0.1, 0.15) is 32.3 Å². The van der Waals surface area contributed by atoms with Gasteiger partial charge in [-0.05, 0) is 38.0 Å². The minimum Gasteiger partial charge on any atom is -0.461 e. The van der Waals surface area contributed by atoms with Gasteiger partial charge in [0.15, 0.2) is 0 Å². The number of anilines is 1. The molecular weight excluding hydrogens is 426 g/mol. The Bertz CT molecular complexity index is 1040. The summed E-state index contributed by atoms with van der Waals surface area (Å²) in [5.74, 6) is -1.53. The first kappa shape index (κ1) is 25.8. The Hall–Kier alpha value is -3.49. The van der Waals surface area contributed by atoms with Crippen LogP contribution in [0.4, 0.5) is 5.69 Å². The number of nitrogens with zero attached hydrogens (tertiary/aromatic N) is 2. The van der Waals surface area contributed by atoms with Gasteiger partial charge in [0, 0.05) is 56.8 Å². The number of H-pyrrole nitrogens is 1. The average Bonchev–Trinajstić information content (AvgIpc) is 3.16. The summed E-state index contributed by atoms with van der Waals surface area (Å²) in [6.07, 6.45) is 1.74. The predicted molar refractivity (Wildman–Crippen MR) is 124 cm³/mol. The van der Waals surface area contributed by atoms with Crippen molar-refractivity contribution in [1.29, 1.82) is 5.53 Å². The van der Waals surface area contributed by atoms with Crippen LogP contribution in [0.25, 0.3) is 10.9 Å². The molecule has 0 aliphatic carbocycles. The molecule has 0 radical (unpaired) electrons. The fourth-order valence-corrected chi connectivity index (χ4v) is 3.36. The number of carbonyl (C=O) groups excluding carboxylic acids is 3. The first-order valence-corrected chi connectivity index (χ1v) is 10.7. The second-order valence-corrected chi connectivity index (χ2v) is 8.18. The lowest BCUT2D eigenvalue weighted by Gasteiger charge is -2.21. The largest absolute Gasteiger partial charge is 0.461 e. The SMILES string of the molecule is CO[C@@H](Cc1c[nH]c2cc(N(C)C)ccc12)C(=O)N[C@@H](CCC(=O)C=[N+]=N)C(=O)OC(C)C. The highest BCUT2D eigenvalue weighted by Crippen LogP contribution is 2.24. The lowest BCUT2D eigenvalue weighted by molar-refractivity contribution is -0.152. The van der Waals surface area contributed by atoms with Crippen LogP contribution in [0.15, 0.2) is 24.4 Å². The number of aromatic nitrogens is 1. The number of amides is 1. The number of Topliss-reactive ketones (excluding diaryl/α,β-unsaturated/α-hetero) is 1. The van der Waals surface area contributed by atoms with E-state index in [1.165, 1.54) is 7.11 Å². The third-order valence-electron chi connectivity index (χ3n) is 5.09. The molecule has 2 rings (SSSR count). The van der Waals surface area contributed by atoms with E-state index in [1.54, 1.807) is 13.8 Å². The van der Waals surface area contributed by atoms with Crippen molar-refractivity contribution >= 4 is 40.5 Å². The predicted octanol–water partition coefficient (Wildman–Crippen LogP) is 1.89. The molecular formula is C23H32N5O5+. The van der Waals surface area contributed by atoms with Gasteiger partial charge in [0.25, 0.3) is 0 Å². The molecule has 10 nitrogen and oxygen atoms in total. The summed E-state index contributed by atoms with van der Waals surface area (Å²) < 4.78 is 10.7. The molecule has 33 heavy (non-hydrogen) atoms.